The topological polar surface area (TPSA) is 62.5 Å². The number of hydrogen-bond donors (Lipinski definition) is 2. The zero-order valence-corrected chi connectivity index (χ0v) is 18.5. The van der Waals surface area contributed by atoms with E-state index in [9.17, 15) is 13.2 Å². The molecule has 0 amide bonds. The van der Waals surface area contributed by atoms with Gasteiger partial charge in [0.1, 0.15) is 5.76 Å². The highest BCUT2D eigenvalue weighted by Crippen LogP contribution is 2.29. The summed E-state index contributed by atoms with van der Waals surface area (Å²) in [4.78, 5) is 4.17. The second-order valence-corrected chi connectivity index (χ2v) is 6.04. The summed E-state index contributed by atoms with van der Waals surface area (Å²) in [6.07, 6.45) is -2.16. The lowest BCUT2D eigenvalue weighted by atomic mass is 10.1. The normalized spacial score (nSPS) is 11.9. The first-order chi connectivity index (χ1) is 12.9. The number of nitrogens with one attached hydrogen (secondary N) is 2. The molecule has 2 aromatic rings. The van der Waals surface area contributed by atoms with Crippen LogP contribution in [0.5, 0.6) is 0 Å². The zero-order valence-electron chi connectivity index (χ0n) is 16.2. The van der Waals surface area contributed by atoms with Crippen LogP contribution in [0, 0.1) is 0 Å². The summed E-state index contributed by atoms with van der Waals surface area (Å²) in [5.41, 5.74) is 2.17. The predicted molar refractivity (Wildman–Crippen MR) is 114 cm³/mol. The maximum atomic E-state index is 12.6. The van der Waals surface area contributed by atoms with Crippen molar-refractivity contribution in [2.45, 2.75) is 45.8 Å². The molecule has 2 rings (SSSR count). The van der Waals surface area contributed by atoms with Gasteiger partial charge in [-0.25, -0.2) is 0 Å². The molecule has 0 atom stereocenters. The van der Waals surface area contributed by atoms with Crippen molar-refractivity contribution in [2.24, 2.45) is 4.99 Å². The minimum Gasteiger partial charge on any atom is -0.361 e. The lowest BCUT2D eigenvalue weighted by molar-refractivity contribution is -0.137. The van der Waals surface area contributed by atoms with E-state index in [1.807, 2.05) is 13.8 Å². The summed E-state index contributed by atoms with van der Waals surface area (Å²) in [5.74, 6) is 1.48. The number of rotatable bonds is 7. The van der Waals surface area contributed by atoms with E-state index in [2.05, 4.69) is 20.8 Å². The third kappa shape index (κ3) is 6.68. The fourth-order valence-electron chi connectivity index (χ4n) is 2.72. The molecule has 9 heteroatoms. The summed E-state index contributed by atoms with van der Waals surface area (Å²) in [5, 5.41) is 10.5. The van der Waals surface area contributed by atoms with Crippen LogP contribution in [-0.2, 0) is 32.0 Å². The van der Waals surface area contributed by atoms with Crippen LogP contribution < -0.4 is 10.6 Å². The molecule has 0 bridgehead atoms. The van der Waals surface area contributed by atoms with E-state index < -0.39 is 11.7 Å². The number of benzene rings is 1. The van der Waals surface area contributed by atoms with Gasteiger partial charge >= 0.3 is 6.18 Å². The lowest BCUT2D eigenvalue weighted by Crippen LogP contribution is -2.38. The SMILES string of the molecule is CCc1noc(CC)c1CNC(=NC)NCCc1ccc(C(F)(F)F)cc1.I. The highest BCUT2D eigenvalue weighted by atomic mass is 127. The quantitative estimate of drug-likeness (QED) is 0.331. The molecule has 0 spiro atoms. The van der Waals surface area contributed by atoms with E-state index in [1.165, 1.54) is 12.1 Å². The number of alkyl halides is 3. The molecule has 0 aliphatic rings. The summed E-state index contributed by atoms with van der Waals surface area (Å²) in [6.45, 7) is 5.14. The molecule has 0 unspecified atom stereocenters. The Morgan fingerprint density at radius 1 is 1.11 bits per heavy atom. The van der Waals surface area contributed by atoms with Gasteiger partial charge in [-0.3, -0.25) is 4.99 Å². The molecule has 1 aromatic carbocycles. The van der Waals surface area contributed by atoms with Crippen molar-refractivity contribution < 1.29 is 17.7 Å². The molecule has 0 radical (unpaired) electrons. The standard InChI is InChI=1S/C19H25F3N4O.HI/c1-4-16-15(17(5-2)27-26-16)12-25-18(23-3)24-11-10-13-6-8-14(9-7-13)19(20,21)22;/h6-9H,4-5,10-12H2,1-3H3,(H2,23,24,25);1H. The molecular weight excluding hydrogens is 484 g/mol. The smallest absolute Gasteiger partial charge is 0.361 e. The number of nitrogens with zero attached hydrogens (tertiary/aromatic N) is 2. The Labute approximate surface area is 180 Å². The Balaban J connectivity index is 0.00000392. The van der Waals surface area contributed by atoms with Gasteiger partial charge in [0.25, 0.3) is 0 Å². The minimum absolute atomic E-state index is 0. The first-order valence-electron chi connectivity index (χ1n) is 8.95. The lowest BCUT2D eigenvalue weighted by Gasteiger charge is -2.12. The number of aliphatic imine (C=N–C) groups is 1. The highest BCUT2D eigenvalue weighted by molar-refractivity contribution is 14.0. The van der Waals surface area contributed by atoms with Crippen LogP contribution in [0.25, 0.3) is 0 Å². The van der Waals surface area contributed by atoms with Crippen molar-refractivity contribution in [3.05, 3.63) is 52.4 Å². The van der Waals surface area contributed by atoms with Gasteiger partial charge in [0, 0.05) is 32.1 Å². The maximum Gasteiger partial charge on any atom is 0.416 e. The van der Waals surface area contributed by atoms with Crippen molar-refractivity contribution in [1.29, 1.82) is 0 Å². The van der Waals surface area contributed by atoms with Crippen LogP contribution in [0.4, 0.5) is 13.2 Å². The molecular formula is C19H26F3IN4O. The molecule has 28 heavy (non-hydrogen) atoms. The van der Waals surface area contributed by atoms with Crippen LogP contribution >= 0.6 is 24.0 Å². The molecule has 0 saturated heterocycles. The minimum atomic E-state index is -4.31. The first kappa shape index (κ1) is 24.3. The van der Waals surface area contributed by atoms with E-state index in [4.69, 9.17) is 4.52 Å². The van der Waals surface area contributed by atoms with Crippen molar-refractivity contribution in [3.8, 4) is 0 Å². The van der Waals surface area contributed by atoms with Gasteiger partial charge in [-0.1, -0.05) is 31.1 Å². The van der Waals surface area contributed by atoms with Crippen LogP contribution in [0.1, 0.15) is 42.0 Å². The fraction of sp³-hybridized carbons (Fsp3) is 0.474. The van der Waals surface area contributed by atoms with Gasteiger partial charge in [-0.05, 0) is 30.5 Å². The summed E-state index contributed by atoms with van der Waals surface area (Å²) >= 11 is 0. The summed E-state index contributed by atoms with van der Waals surface area (Å²) < 4.78 is 43.1. The molecule has 156 valence electrons. The molecule has 5 nitrogen and oxygen atoms in total. The summed E-state index contributed by atoms with van der Waals surface area (Å²) in [7, 11) is 1.67. The number of aromatic nitrogens is 1. The van der Waals surface area contributed by atoms with Gasteiger partial charge in [0.2, 0.25) is 0 Å². The Morgan fingerprint density at radius 3 is 2.32 bits per heavy atom. The Kier molecular flexibility index (Phi) is 9.77. The van der Waals surface area contributed by atoms with Gasteiger partial charge in [0.15, 0.2) is 5.96 Å². The predicted octanol–water partition coefficient (Wildman–Crippen LogP) is 4.34. The van der Waals surface area contributed by atoms with Crippen molar-refractivity contribution in [2.75, 3.05) is 13.6 Å². The van der Waals surface area contributed by atoms with Crippen molar-refractivity contribution in [1.82, 2.24) is 15.8 Å². The molecule has 0 aliphatic carbocycles. The Morgan fingerprint density at radius 2 is 1.79 bits per heavy atom. The third-order valence-electron chi connectivity index (χ3n) is 4.25. The monoisotopic (exact) mass is 510 g/mol. The number of aryl methyl sites for hydroxylation is 2. The number of halogens is 4. The molecule has 0 fully saturated rings. The number of hydrogen-bond acceptors (Lipinski definition) is 3. The van der Waals surface area contributed by atoms with Crippen LogP contribution in [-0.4, -0.2) is 24.7 Å². The molecule has 1 heterocycles. The molecule has 2 N–H and O–H groups in total. The van der Waals surface area contributed by atoms with Gasteiger partial charge in [-0.15, -0.1) is 24.0 Å². The van der Waals surface area contributed by atoms with E-state index in [0.717, 1.165) is 47.6 Å². The maximum absolute atomic E-state index is 12.6. The second-order valence-electron chi connectivity index (χ2n) is 6.04. The van der Waals surface area contributed by atoms with E-state index in [1.54, 1.807) is 7.05 Å². The Hall–Kier alpha value is -1.78. The van der Waals surface area contributed by atoms with Gasteiger partial charge < -0.3 is 15.2 Å². The highest BCUT2D eigenvalue weighted by Gasteiger charge is 2.29. The average molecular weight is 510 g/mol. The Bertz CT molecular complexity index is 736. The van der Waals surface area contributed by atoms with Gasteiger partial charge in [0.05, 0.1) is 11.3 Å². The van der Waals surface area contributed by atoms with Crippen molar-refractivity contribution >= 4 is 29.9 Å². The van der Waals surface area contributed by atoms with E-state index >= 15 is 0 Å². The summed E-state index contributed by atoms with van der Waals surface area (Å²) in [6, 6.07) is 5.21. The van der Waals surface area contributed by atoms with Crippen LogP contribution in [0.3, 0.4) is 0 Å². The van der Waals surface area contributed by atoms with Crippen molar-refractivity contribution in [3.63, 3.8) is 0 Å². The van der Waals surface area contributed by atoms with E-state index in [0.29, 0.717) is 25.5 Å². The zero-order chi connectivity index (χ0) is 19.9. The van der Waals surface area contributed by atoms with Gasteiger partial charge in [-0.2, -0.15) is 13.2 Å². The second kappa shape index (κ2) is 11.3. The first-order valence-corrected chi connectivity index (χ1v) is 8.95. The van der Waals surface area contributed by atoms with E-state index in [-0.39, 0.29) is 24.0 Å². The number of guanidine groups is 1. The van der Waals surface area contributed by atoms with Crippen LogP contribution in [0.2, 0.25) is 0 Å². The average Bonchev–Trinajstić information content (AvgIpc) is 3.06. The molecule has 0 saturated carbocycles. The third-order valence-corrected chi connectivity index (χ3v) is 4.25. The largest absolute Gasteiger partial charge is 0.416 e. The molecule has 1 aromatic heterocycles. The fourth-order valence-corrected chi connectivity index (χ4v) is 2.72. The van der Waals surface area contributed by atoms with Crippen LogP contribution in [0.15, 0.2) is 33.8 Å². The molecule has 0 aliphatic heterocycles.